The standard InChI is InChI=1S/C21H14ClNO3S2/c1-25-16-8-6-15(7-9-16)23-20(24)19(28-21(23)27)12-17-10-11-18(26-17)13-2-4-14(22)5-3-13/h2-12H,1H3. The van der Waals surface area contributed by atoms with Crippen LogP contribution in [0.5, 0.6) is 5.75 Å². The molecule has 0 N–H and O–H groups in total. The summed E-state index contributed by atoms with van der Waals surface area (Å²) < 4.78 is 11.5. The number of nitrogens with zero attached hydrogens (tertiary/aromatic N) is 1. The van der Waals surface area contributed by atoms with E-state index < -0.39 is 0 Å². The molecule has 1 aromatic heterocycles. The lowest BCUT2D eigenvalue weighted by atomic mass is 10.2. The van der Waals surface area contributed by atoms with Crippen molar-refractivity contribution < 1.29 is 13.9 Å². The number of thioether (sulfide) groups is 1. The van der Waals surface area contributed by atoms with E-state index >= 15 is 0 Å². The molecule has 1 fully saturated rings. The molecule has 7 heteroatoms. The van der Waals surface area contributed by atoms with Crippen molar-refractivity contribution in [1.29, 1.82) is 0 Å². The Hall–Kier alpha value is -2.54. The summed E-state index contributed by atoms with van der Waals surface area (Å²) in [4.78, 5) is 14.9. The highest BCUT2D eigenvalue weighted by atomic mass is 35.5. The van der Waals surface area contributed by atoms with E-state index in [2.05, 4.69) is 0 Å². The number of carbonyl (C=O) groups is 1. The molecule has 1 aliphatic heterocycles. The summed E-state index contributed by atoms with van der Waals surface area (Å²) in [6.07, 6.45) is 1.71. The van der Waals surface area contributed by atoms with Gasteiger partial charge in [0.05, 0.1) is 17.7 Å². The van der Waals surface area contributed by atoms with Crippen LogP contribution in [0.25, 0.3) is 17.4 Å². The molecule has 3 aromatic rings. The first-order valence-corrected chi connectivity index (χ1v) is 9.93. The molecule has 0 radical (unpaired) electrons. The first kappa shape index (κ1) is 18.8. The van der Waals surface area contributed by atoms with Crippen LogP contribution in [0.3, 0.4) is 0 Å². The van der Waals surface area contributed by atoms with Gasteiger partial charge in [-0.2, -0.15) is 0 Å². The minimum atomic E-state index is -0.176. The fraction of sp³-hybridized carbons (Fsp3) is 0.0476. The molecule has 0 spiro atoms. The van der Waals surface area contributed by atoms with E-state index in [1.807, 2.05) is 24.3 Å². The number of hydrogen-bond donors (Lipinski definition) is 0. The van der Waals surface area contributed by atoms with Gasteiger partial charge in [0.15, 0.2) is 4.32 Å². The summed E-state index contributed by atoms with van der Waals surface area (Å²) in [5.41, 5.74) is 1.61. The summed E-state index contributed by atoms with van der Waals surface area (Å²) >= 11 is 12.6. The van der Waals surface area contributed by atoms with Crippen LogP contribution in [0.4, 0.5) is 5.69 Å². The Labute approximate surface area is 176 Å². The van der Waals surface area contributed by atoms with Crippen LogP contribution >= 0.6 is 35.6 Å². The molecule has 0 aliphatic carbocycles. The molecule has 2 aromatic carbocycles. The summed E-state index contributed by atoms with van der Waals surface area (Å²) in [7, 11) is 1.60. The Morgan fingerprint density at radius 3 is 2.46 bits per heavy atom. The lowest BCUT2D eigenvalue weighted by Crippen LogP contribution is -2.27. The molecule has 0 saturated carbocycles. The highest BCUT2D eigenvalue weighted by Gasteiger charge is 2.33. The van der Waals surface area contributed by atoms with E-state index in [-0.39, 0.29) is 5.91 Å². The van der Waals surface area contributed by atoms with Crippen molar-refractivity contribution in [2.24, 2.45) is 0 Å². The second kappa shape index (κ2) is 7.83. The first-order valence-electron chi connectivity index (χ1n) is 8.33. The molecule has 0 bridgehead atoms. The number of rotatable bonds is 4. The number of thiocarbonyl (C=S) groups is 1. The average molecular weight is 428 g/mol. The first-order chi connectivity index (χ1) is 13.5. The average Bonchev–Trinajstić information content (AvgIpc) is 3.27. The van der Waals surface area contributed by atoms with Crippen molar-refractivity contribution in [3.63, 3.8) is 0 Å². The van der Waals surface area contributed by atoms with Gasteiger partial charge in [0, 0.05) is 16.7 Å². The number of methoxy groups -OCH3 is 1. The lowest BCUT2D eigenvalue weighted by molar-refractivity contribution is -0.113. The third-order valence-corrected chi connectivity index (χ3v) is 5.71. The van der Waals surface area contributed by atoms with E-state index in [9.17, 15) is 4.79 Å². The second-order valence-electron chi connectivity index (χ2n) is 5.92. The molecular formula is C21H14ClNO3S2. The van der Waals surface area contributed by atoms with Gasteiger partial charge in [0.2, 0.25) is 0 Å². The smallest absolute Gasteiger partial charge is 0.270 e. The van der Waals surface area contributed by atoms with E-state index in [4.69, 9.17) is 33.0 Å². The van der Waals surface area contributed by atoms with Crippen LogP contribution in [0.15, 0.2) is 70.0 Å². The molecular weight excluding hydrogens is 414 g/mol. The molecule has 0 atom stereocenters. The van der Waals surface area contributed by atoms with Crippen LogP contribution in [0.2, 0.25) is 5.02 Å². The minimum Gasteiger partial charge on any atom is -0.497 e. The third-order valence-electron chi connectivity index (χ3n) is 4.15. The summed E-state index contributed by atoms with van der Waals surface area (Å²) in [6.45, 7) is 0. The Kier molecular flexibility index (Phi) is 5.26. The van der Waals surface area contributed by atoms with Gasteiger partial charge >= 0.3 is 0 Å². The third kappa shape index (κ3) is 3.71. The van der Waals surface area contributed by atoms with Crippen molar-refractivity contribution in [1.82, 2.24) is 0 Å². The van der Waals surface area contributed by atoms with Crippen molar-refractivity contribution in [3.8, 4) is 17.1 Å². The van der Waals surface area contributed by atoms with Crippen molar-refractivity contribution in [2.45, 2.75) is 0 Å². The van der Waals surface area contributed by atoms with Crippen LogP contribution in [0.1, 0.15) is 5.76 Å². The van der Waals surface area contributed by atoms with Crippen LogP contribution in [0, 0.1) is 0 Å². The molecule has 1 amide bonds. The topological polar surface area (TPSA) is 42.7 Å². The lowest BCUT2D eigenvalue weighted by Gasteiger charge is -2.14. The zero-order valence-electron chi connectivity index (χ0n) is 14.7. The quantitative estimate of drug-likeness (QED) is 0.376. The maximum atomic E-state index is 12.9. The summed E-state index contributed by atoms with van der Waals surface area (Å²) in [6, 6.07) is 18.3. The Bertz CT molecular complexity index is 1070. The van der Waals surface area contributed by atoms with Crippen molar-refractivity contribution >= 4 is 57.6 Å². The van der Waals surface area contributed by atoms with Gasteiger partial charge in [-0.1, -0.05) is 35.6 Å². The zero-order valence-corrected chi connectivity index (χ0v) is 17.1. The van der Waals surface area contributed by atoms with E-state index in [1.54, 1.807) is 49.6 Å². The van der Waals surface area contributed by atoms with Crippen LogP contribution in [-0.4, -0.2) is 17.3 Å². The fourth-order valence-corrected chi connectivity index (χ4v) is 4.16. The monoisotopic (exact) mass is 427 g/mol. The molecule has 4 nitrogen and oxygen atoms in total. The van der Waals surface area contributed by atoms with E-state index in [1.165, 1.54) is 16.7 Å². The molecule has 1 aliphatic rings. The van der Waals surface area contributed by atoms with Crippen LogP contribution in [-0.2, 0) is 4.79 Å². The predicted molar refractivity (Wildman–Crippen MR) is 118 cm³/mol. The minimum absolute atomic E-state index is 0.176. The Morgan fingerprint density at radius 2 is 1.79 bits per heavy atom. The van der Waals surface area contributed by atoms with E-state index in [0.29, 0.717) is 31.5 Å². The molecule has 28 heavy (non-hydrogen) atoms. The Balaban J connectivity index is 1.58. The van der Waals surface area contributed by atoms with Crippen molar-refractivity contribution in [3.05, 3.63) is 76.4 Å². The molecule has 0 unspecified atom stereocenters. The molecule has 2 heterocycles. The van der Waals surface area contributed by atoms with Crippen LogP contribution < -0.4 is 9.64 Å². The summed E-state index contributed by atoms with van der Waals surface area (Å²) in [5.74, 6) is 1.83. The predicted octanol–water partition coefficient (Wildman–Crippen LogP) is 6.01. The van der Waals surface area contributed by atoms with Crippen molar-refractivity contribution in [2.75, 3.05) is 12.0 Å². The van der Waals surface area contributed by atoms with Gasteiger partial charge < -0.3 is 9.15 Å². The number of anilines is 1. The molecule has 1 saturated heterocycles. The normalized spacial score (nSPS) is 15.5. The van der Waals surface area contributed by atoms with Gasteiger partial charge in [-0.25, -0.2) is 0 Å². The number of halogens is 1. The number of hydrogen-bond acceptors (Lipinski definition) is 5. The van der Waals surface area contributed by atoms with Gasteiger partial charge in [-0.05, 0) is 60.7 Å². The number of benzene rings is 2. The van der Waals surface area contributed by atoms with Gasteiger partial charge in [-0.3, -0.25) is 9.69 Å². The Morgan fingerprint density at radius 1 is 1.07 bits per heavy atom. The largest absolute Gasteiger partial charge is 0.497 e. The number of ether oxygens (including phenoxy) is 1. The van der Waals surface area contributed by atoms with Gasteiger partial charge in [-0.15, -0.1) is 0 Å². The van der Waals surface area contributed by atoms with Gasteiger partial charge in [0.25, 0.3) is 5.91 Å². The van der Waals surface area contributed by atoms with Gasteiger partial charge in [0.1, 0.15) is 17.3 Å². The summed E-state index contributed by atoms with van der Waals surface area (Å²) in [5, 5.41) is 0.665. The molecule has 4 rings (SSSR count). The number of furan rings is 1. The fourth-order valence-electron chi connectivity index (χ4n) is 2.75. The molecule has 140 valence electrons. The second-order valence-corrected chi connectivity index (χ2v) is 8.04. The highest BCUT2D eigenvalue weighted by Crippen LogP contribution is 2.37. The SMILES string of the molecule is COc1ccc(N2C(=O)C(=Cc3ccc(-c4ccc(Cl)cc4)o3)SC2=S)cc1. The maximum absolute atomic E-state index is 12.9. The number of carbonyl (C=O) groups excluding carboxylic acids is 1. The maximum Gasteiger partial charge on any atom is 0.270 e. The zero-order chi connectivity index (χ0) is 19.7. The number of amides is 1. The highest BCUT2D eigenvalue weighted by molar-refractivity contribution is 8.27. The van der Waals surface area contributed by atoms with E-state index in [0.717, 1.165) is 11.3 Å².